The third-order valence-electron chi connectivity index (χ3n) is 5.30. The standard InChI is InChI=1S/C23H21N3O5S/c1-13(27)15-4-3-5-16(10-15)24-19(28)11-26-18-12-31-22(29)20(18)21(25-23(26)30)14-6-8-17(32-2)9-7-14/h3-10,21H,11-12H2,1-2H3,(H,24,28)(H,25,30)/t21-/m0/s1. The van der Waals surface area contributed by atoms with Crippen molar-refractivity contribution >= 4 is 41.1 Å². The predicted octanol–water partition coefficient (Wildman–Crippen LogP) is 3.13. The molecular weight excluding hydrogens is 430 g/mol. The fourth-order valence-corrected chi connectivity index (χ4v) is 4.09. The molecule has 0 radical (unpaired) electrons. The van der Waals surface area contributed by atoms with Crippen LogP contribution in [0.5, 0.6) is 0 Å². The molecule has 2 aliphatic rings. The van der Waals surface area contributed by atoms with Gasteiger partial charge in [0.15, 0.2) is 5.78 Å². The van der Waals surface area contributed by atoms with Crippen LogP contribution in [0.15, 0.2) is 64.7 Å². The molecule has 2 aromatic rings. The van der Waals surface area contributed by atoms with Crippen molar-refractivity contribution in [1.82, 2.24) is 10.2 Å². The van der Waals surface area contributed by atoms with Gasteiger partial charge in [0.25, 0.3) is 0 Å². The van der Waals surface area contributed by atoms with Crippen LogP contribution in [0.25, 0.3) is 0 Å². The normalized spacial score (nSPS) is 17.6. The maximum atomic E-state index is 12.9. The first-order valence-corrected chi connectivity index (χ1v) is 11.1. The fraction of sp³-hybridized carbons (Fsp3) is 0.217. The number of carbonyl (C=O) groups excluding carboxylic acids is 4. The molecule has 8 nitrogen and oxygen atoms in total. The quantitative estimate of drug-likeness (QED) is 0.397. The number of thioether (sulfide) groups is 1. The summed E-state index contributed by atoms with van der Waals surface area (Å²) >= 11 is 1.59. The van der Waals surface area contributed by atoms with Crippen molar-refractivity contribution in [3.8, 4) is 0 Å². The summed E-state index contributed by atoms with van der Waals surface area (Å²) in [4.78, 5) is 51.8. The number of ketones is 1. The minimum absolute atomic E-state index is 0.0753. The Hall–Kier alpha value is -3.59. The molecule has 3 amide bonds. The lowest BCUT2D eigenvalue weighted by Gasteiger charge is -2.32. The van der Waals surface area contributed by atoms with Gasteiger partial charge in [-0.15, -0.1) is 11.8 Å². The summed E-state index contributed by atoms with van der Waals surface area (Å²) in [5.74, 6) is -1.10. The number of Topliss-reactive ketones (excluding diaryl/α,β-unsaturated/α-hetero) is 1. The Morgan fingerprint density at radius 1 is 1.19 bits per heavy atom. The second-order valence-corrected chi connectivity index (χ2v) is 8.24. The number of hydrogen-bond acceptors (Lipinski definition) is 6. The molecule has 1 atom stereocenters. The molecule has 0 aliphatic carbocycles. The summed E-state index contributed by atoms with van der Waals surface area (Å²) in [5.41, 5.74) is 2.37. The first-order valence-electron chi connectivity index (χ1n) is 9.90. The van der Waals surface area contributed by atoms with Gasteiger partial charge in [0.05, 0.1) is 17.3 Å². The van der Waals surface area contributed by atoms with Crippen molar-refractivity contribution in [1.29, 1.82) is 0 Å². The third-order valence-corrected chi connectivity index (χ3v) is 6.05. The minimum Gasteiger partial charge on any atom is -0.456 e. The van der Waals surface area contributed by atoms with E-state index in [-0.39, 0.29) is 18.9 Å². The van der Waals surface area contributed by atoms with E-state index in [1.165, 1.54) is 11.8 Å². The molecule has 0 aromatic heterocycles. The summed E-state index contributed by atoms with van der Waals surface area (Å²) in [6.45, 7) is 1.06. The monoisotopic (exact) mass is 451 g/mol. The Kier molecular flexibility index (Phi) is 6.00. The molecule has 0 bridgehead atoms. The van der Waals surface area contributed by atoms with Gasteiger partial charge in [-0.3, -0.25) is 14.5 Å². The van der Waals surface area contributed by atoms with Crippen molar-refractivity contribution in [3.63, 3.8) is 0 Å². The molecule has 4 rings (SSSR count). The lowest BCUT2D eigenvalue weighted by Crippen LogP contribution is -2.49. The summed E-state index contributed by atoms with van der Waals surface area (Å²) in [6, 6.07) is 13.0. The number of esters is 1. The Morgan fingerprint density at radius 2 is 1.94 bits per heavy atom. The van der Waals surface area contributed by atoms with E-state index in [1.807, 2.05) is 30.5 Å². The second-order valence-electron chi connectivity index (χ2n) is 7.36. The highest BCUT2D eigenvalue weighted by atomic mass is 32.2. The molecule has 2 heterocycles. The van der Waals surface area contributed by atoms with E-state index < -0.39 is 23.9 Å². The maximum absolute atomic E-state index is 12.9. The first kappa shape index (κ1) is 21.6. The van der Waals surface area contributed by atoms with E-state index in [1.54, 1.807) is 36.0 Å². The fourth-order valence-electron chi connectivity index (χ4n) is 3.68. The molecule has 0 saturated heterocycles. The van der Waals surface area contributed by atoms with E-state index in [4.69, 9.17) is 4.74 Å². The van der Waals surface area contributed by atoms with Crippen molar-refractivity contribution in [2.45, 2.75) is 17.9 Å². The number of anilines is 1. The van der Waals surface area contributed by atoms with Gasteiger partial charge in [0.1, 0.15) is 13.2 Å². The van der Waals surface area contributed by atoms with E-state index >= 15 is 0 Å². The van der Waals surface area contributed by atoms with Crippen molar-refractivity contribution in [3.05, 3.63) is 70.9 Å². The number of nitrogens with zero attached hydrogens (tertiary/aromatic N) is 1. The largest absolute Gasteiger partial charge is 0.456 e. The average Bonchev–Trinajstić information content (AvgIpc) is 3.17. The maximum Gasteiger partial charge on any atom is 0.338 e. The molecular formula is C23H21N3O5S. The Bertz CT molecular complexity index is 1140. The summed E-state index contributed by atoms with van der Waals surface area (Å²) in [6.07, 6.45) is 1.96. The van der Waals surface area contributed by atoms with Crippen LogP contribution in [0.2, 0.25) is 0 Å². The molecule has 2 aromatic carbocycles. The van der Waals surface area contributed by atoms with Gasteiger partial charge in [-0.25, -0.2) is 9.59 Å². The average molecular weight is 452 g/mol. The molecule has 0 unspecified atom stereocenters. The molecule has 164 valence electrons. The molecule has 0 fully saturated rings. The van der Waals surface area contributed by atoms with Crippen molar-refractivity contribution in [2.75, 3.05) is 24.7 Å². The summed E-state index contributed by atoms with van der Waals surface area (Å²) in [5, 5.41) is 5.50. The van der Waals surface area contributed by atoms with Crippen LogP contribution in [-0.4, -0.2) is 48.0 Å². The van der Waals surface area contributed by atoms with Gasteiger partial charge in [-0.05, 0) is 43.0 Å². The zero-order valence-corrected chi connectivity index (χ0v) is 18.3. The number of rotatable bonds is 6. The van der Waals surface area contributed by atoms with E-state index in [9.17, 15) is 19.2 Å². The smallest absolute Gasteiger partial charge is 0.338 e. The van der Waals surface area contributed by atoms with Crippen molar-refractivity contribution < 1.29 is 23.9 Å². The van der Waals surface area contributed by atoms with Crippen molar-refractivity contribution in [2.24, 2.45) is 0 Å². The SMILES string of the molecule is CSc1ccc([C@@H]2NC(=O)N(CC(=O)Nc3cccc(C(C)=O)c3)C3=C2C(=O)OC3)cc1. The Morgan fingerprint density at radius 3 is 2.62 bits per heavy atom. The molecule has 32 heavy (non-hydrogen) atoms. The second kappa shape index (κ2) is 8.88. The molecule has 9 heteroatoms. The third kappa shape index (κ3) is 4.24. The van der Waals surface area contributed by atoms with Crippen LogP contribution in [0, 0.1) is 0 Å². The van der Waals surface area contributed by atoms with Gasteiger partial charge in [-0.2, -0.15) is 0 Å². The predicted molar refractivity (Wildman–Crippen MR) is 119 cm³/mol. The number of ether oxygens (including phenoxy) is 1. The van der Waals surface area contributed by atoms with Crippen LogP contribution in [-0.2, 0) is 14.3 Å². The zero-order chi connectivity index (χ0) is 22.8. The number of carbonyl (C=O) groups is 4. The highest BCUT2D eigenvalue weighted by Gasteiger charge is 2.42. The zero-order valence-electron chi connectivity index (χ0n) is 17.5. The minimum atomic E-state index is -0.644. The van der Waals surface area contributed by atoms with Gasteiger partial charge < -0.3 is 15.4 Å². The van der Waals surface area contributed by atoms with Crippen LogP contribution in [0.3, 0.4) is 0 Å². The number of benzene rings is 2. The van der Waals surface area contributed by atoms with Gasteiger partial charge in [-0.1, -0.05) is 24.3 Å². The highest BCUT2D eigenvalue weighted by molar-refractivity contribution is 7.98. The van der Waals surface area contributed by atoms with E-state index in [2.05, 4.69) is 10.6 Å². The number of urea groups is 1. The first-order chi connectivity index (χ1) is 15.4. The van der Waals surface area contributed by atoms with Crippen LogP contribution < -0.4 is 10.6 Å². The molecule has 2 aliphatic heterocycles. The van der Waals surface area contributed by atoms with Gasteiger partial charge in [0.2, 0.25) is 5.91 Å². The van der Waals surface area contributed by atoms with Crippen LogP contribution in [0.1, 0.15) is 28.9 Å². The Balaban J connectivity index is 1.56. The topological polar surface area (TPSA) is 105 Å². The molecule has 0 saturated carbocycles. The van der Waals surface area contributed by atoms with Gasteiger partial charge >= 0.3 is 12.0 Å². The molecule has 2 N–H and O–H groups in total. The lowest BCUT2D eigenvalue weighted by molar-refractivity contribution is -0.136. The summed E-state index contributed by atoms with van der Waals surface area (Å²) < 4.78 is 5.20. The van der Waals surface area contributed by atoms with Gasteiger partial charge in [0, 0.05) is 16.1 Å². The summed E-state index contributed by atoms with van der Waals surface area (Å²) in [7, 11) is 0. The number of cyclic esters (lactones) is 1. The lowest BCUT2D eigenvalue weighted by atomic mass is 9.96. The number of hydrogen-bond donors (Lipinski definition) is 2. The van der Waals surface area contributed by atoms with Crippen LogP contribution >= 0.6 is 11.8 Å². The number of amides is 3. The van der Waals surface area contributed by atoms with E-state index in [0.717, 1.165) is 10.5 Å². The highest BCUT2D eigenvalue weighted by Crippen LogP contribution is 2.35. The van der Waals surface area contributed by atoms with Crippen LogP contribution in [0.4, 0.5) is 10.5 Å². The molecule has 0 spiro atoms. The Labute approximate surface area is 189 Å². The number of nitrogens with one attached hydrogen (secondary N) is 2. The van der Waals surface area contributed by atoms with E-state index in [0.29, 0.717) is 22.5 Å².